The van der Waals surface area contributed by atoms with Gasteiger partial charge in [0.25, 0.3) is 0 Å². The lowest BCUT2D eigenvalue weighted by atomic mass is 10.1. The van der Waals surface area contributed by atoms with Gasteiger partial charge in [0.1, 0.15) is 0 Å². The standard InChI is InChI=1S/C20H24ClN3O3S/c1-14-3-4-15(20(26)27-2)11-17(14)22-19(25)13-24-9-7-23(8-10-24)12-16-5-6-18(21)28-16/h3-6,11H,7-10,12-13H2,1-2H3,(H,22,25). The molecule has 1 aliphatic heterocycles. The quantitative estimate of drug-likeness (QED) is 0.725. The number of ether oxygens (including phenoxy) is 1. The second kappa shape index (κ2) is 9.52. The van der Waals surface area contributed by atoms with Crippen molar-refractivity contribution in [1.29, 1.82) is 0 Å². The second-order valence-electron chi connectivity index (χ2n) is 6.83. The molecular weight excluding hydrogens is 398 g/mol. The number of rotatable bonds is 6. The highest BCUT2D eigenvalue weighted by atomic mass is 35.5. The van der Waals surface area contributed by atoms with Crippen LogP contribution in [0.4, 0.5) is 5.69 Å². The van der Waals surface area contributed by atoms with Crippen LogP contribution in [0.3, 0.4) is 0 Å². The van der Waals surface area contributed by atoms with E-state index in [0.29, 0.717) is 17.8 Å². The number of anilines is 1. The number of hydrogen-bond acceptors (Lipinski definition) is 6. The molecule has 0 unspecified atom stereocenters. The summed E-state index contributed by atoms with van der Waals surface area (Å²) < 4.78 is 5.56. The molecule has 1 fully saturated rings. The summed E-state index contributed by atoms with van der Waals surface area (Å²) >= 11 is 7.61. The van der Waals surface area contributed by atoms with E-state index in [9.17, 15) is 9.59 Å². The number of carbonyl (C=O) groups excluding carboxylic acids is 2. The van der Waals surface area contributed by atoms with Gasteiger partial charge in [0, 0.05) is 43.3 Å². The molecule has 1 aromatic carbocycles. The molecule has 1 N–H and O–H groups in total. The van der Waals surface area contributed by atoms with Gasteiger partial charge in [-0.3, -0.25) is 14.6 Å². The molecule has 1 aliphatic rings. The van der Waals surface area contributed by atoms with Crippen molar-refractivity contribution in [2.24, 2.45) is 0 Å². The number of thiophene rings is 1. The summed E-state index contributed by atoms with van der Waals surface area (Å²) in [6, 6.07) is 9.15. The number of benzene rings is 1. The molecular formula is C20H24ClN3O3S. The summed E-state index contributed by atoms with van der Waals surface area (Å²) in [6.07, 6.45) is 0. The summed E-state index contributed by atoms with van der Waals surface area (Å²) in [5.41, 5.74) is 1.97. The van der Waals surface area contributed by atoms with Crippen molar-refractivity contribution < 1.29 is 14.3 Å². The van der Waals surface area contributed by atoms with Gasteiger partial charge in [-0.15, -0.1) is 11.3 Å². The van der Waals surface area contributed by atoms with Crippen LogP contribution in [0, 0.1) is 6.92 Å². The monoisotopic (exact) mass is 421 g/mol. The minimum atomic E-state index is -0.418. The Labute approximate surface area is 174 Å². The van der Waals surface area contributed by atoms with Crippen LogP contribution in [0.1, 0.15) is 20.8 Å². The molecule has 8 heteroatoms. The Bertz CT molecular complexity index is 847. The fraction of sp³-hybridized carbons (Fsp3) is 0.400. The summed E-state index contributed by atoms with van der Waals surface area (Å²) in [6.45, 7) is 6.64. The first-order valence-corrected chi connectivity index (χ1v) is 10.3. The fourth-order valence-electron chi connectivity index (χ4n) is 3.16. The molecule has 3 rings (SSSR count). The van der Waals surface area contributed by atoms with Gasteiger partial charge in [-0.05, 0) is 36.8 Å². The van der Waals surface area contributed by atoms with E-state index in [4.69, 9.17) is 16.3 Å². The van der Waals surface area contributed by atoms with Crippen molar-refractivity contribution in [3.8, 4) is 0 Å². The Morgan fingerprint density at radius 2 is 1.86 bits per heavy atom. The van der Waals surface area contributed by atoms with E-state index in [1.54, 1.807) is 29.5 Å². The highest BCUT2D eigenvalue weighted by molar-refractivity contribution is 7.16. The first-order valence-electron chi connectivity index (χ1n) is 9.12. The van der Waals surface area contributed by atoms with E-state index in [0.717, 1.165) is 42.6 Å². The predicted octanol–water partition coefficient (Wildman–Crippen LogP) is 3.25. The average Bonchev–Trinajstić information content (AvgIpc) is 3.09. The normalized spacial score (nSPS) is 15.4. The molecule has 0 radical (unpaired) electrons. The molecule has 2 heterocycles. The second-order valence-corrected chi connectivity index (χ2v) is 8.63. The van der Waals surface area contributed by atoms with Crippen LogP contribution in [0.25, 0.3) is 0 Å². The number of hydrogen-bond donors (Lipinski definition) is 1. The molecule has 1 saturated heterocycles. The molecule has 2 aromatic rings. The van der Waals surface area contributed by atoms with E-state index in [2.05, 4.69) is 21.2 Å². The van der Waals surface area contributed by atoms with Crippen molar-refractivity contribution >= 4 is 40.5 Å². The van der Waals surface area contributed by atoms with Gasteiger partial charge in [-0.25, -0.2) is 4.79 Å². The Morgan fingerprint density at radius 1 is 1.14 bits per heavy atom. The smallest absolute Gasteiger partial charge is 0.337 e. The lowest BCUT2D eigenvalue weighted by Crippen LogP contribution is -2.48. The Morgan fingerprint density at radius 3 is 2.50 bits per heavy atom. The largest absolute Gasteiger partial charge is 0.465 e. The minimum Gasteiger partial charge on any atom is -0.465 e. The van der Waals surface area contributed by atoms with Crippen molar-refractivity contribution in [3.63, 3.8) is 0 Å². The molecule has 0 aliphatic carbocycles. The molecule has 0 saturated carbocycles. The highest BCUT2D eigenvalue weighted by Gasteiger charge is 2.20. The lowest BCUT2D eigenvalue weighted by Gasteiger charge is -2.34. The molecule has 1 aromatic heterocycles. The average molecular weight is 422 g/mol. The molecule has 0 atom stereocenters. The maximum Gasteiger partial charge on any atom is 0.337 e. The maximum absolute atomic E-state index is 12.5. The van der Waals surface area contributed by atoms with E-state index in [1.165, 1.54) is 12.0 Å². The summed E-state index contributed by atoms with van der Waals surface area (Å²) in [4.78, 5) is 29.9. The molecule has 150 valence electrons. The van der Waals surface area contributed by atoms with Gasteiger partial charge in [0.05, 0.1) is 23.6 Å². The van der Waals surface area contributed by atoms with Crippen LogP contribution in [0.15, 0.2) is 30.3 Å². The van der Waals surface area contributed by atoms with Gasteiger partial charge < -0.3 is 10.1 Å². The Kier molecular flexibility index (Phi) is 7.07. The van der Waals surface area contributed by atoms with E-state index < -0.39 is 5.97 Å². The number of esters is 1. The number of nitrogens with one attached hydrogen (secondary N) is 1. The topological polar surface area (TPSA) is 61.9 Å². The van der Waals surface area contributed by atoms with Gasteiger partial charge >= 0.3 is 5.97 Å². The number of amides is 1. The Hall–Kier alpha value is -1.93. The van der Waals surface area contributed by atoms with E-state index in [-0.39, 0.29) is 5.91 Å². The summed E-state index contributed by atoms with van der Waals surface area (Å²) in [5.74, 6) is -0.498. The van der Waals surface area contributed by atoms with E-state index in [1.807, 2.05) is 13.0 Å². The number of carbonyl (C=O) groups is 2. The lowest BCUT2D eigenvalue weighted by molar-refractivity contribution is -0.117. The fourth-order valence-corrected chi connectivity index (χ4v) is 4.29. The zero-order valence-electron chi connectivity index (χ0n) is 16.0. The number of piperazine rings is 1. The van der Waals surface area contributed by atoms with Gasteiger partial charge in [-0.1, -0.05) is 17.7 Å². The molecule has 0 bridgehead atoms. The van der Waals surface area contributed by atoms with Crippen LogP contribution in [-0.2, 0) is 16.1 Å². The summed E-state index contributed by atoms with van der Waals surface area (Å²) in [5, 5.41) is 2.92. The third-order valence-corrected chi connectivity index (χ3v) is 5.99. The molecule has 6 nitrogen and oxygen atoms in total. The van der Waals surface area contributed by atoms with Crippen molar-refractivity contribution in [2.45, 2.75) is 13.5 Å². The number of halogens is 1. The van der Waals surface area contributed by atoms with Crippen LogP contribution in [0.2, 0.25) is 4.34 Å². The summed E-state index contributed by atoms with van der Waals surface area (Å²) in [7, 11) is 1.34. The zero-order valence-corrected chi connectivity index (χ0v) is 17.6. The molecule has 0 spiro atoms. The van der Waals surface area contributed by atoms with Crippen LogP contribution in [-0.4, -0.2) is 61.5 Å². The third-order valence-electron chi connectivity index (χ3n) is 4.77. The van der Waals surface area contributed by atoms with Crippen LogP contribution in [0.5, 0.6) is 0 Å². The van der Waals surface area contributed by atoms with Gasteiger partial charge in [-0.2, -0.15) is 0 Å². The van der Waals surface area contributed by atoms with Crippen molar-refractivity contribution in [1.82, 2.24) is 9.80 Å². The first kappa shape index (κ1) is 20.8. The van der Waals surface area contributed by atoms with Gasteiger partial charge in [0.2, 0.25) is 5.91 Å². The van der Waals surface area contributed by atoms with Crippen LogP contribution < -0.4 is 5.32 Å². The highest BCUT2D eigenvalue weighted by Crippen LogP contribution is 2.23. The van der Waals surface area contributed by atoms with Crippen molar-refractivity contribution in [3.05, 3.63) is 50.7 Å². The van der Waals surface area contributed by atoms with Crippen LogP contribution >= 0.6 is 22.9 Å². The molecule has 28 heavy (non-hydrogen) atoms. The number of methoxy groups -OCH3 is 1. The first-order chi connectivity index (χ1) is 13.4. The molecule has 1 amide bonds. The minimum absolute atomic E-state index is 0.0800. The number of nitrogens with zero attached hydrogens (tertiary/aromatic N) is 2. The zero-order chi connectivity index (χ0) is 20.1. The van der Waals surface area contributed by atoms with Gasteiger partial charge in [0.15, 0.2) is 0 Å². The predicted molar refractivity (Wildman–Crippen MR) is 112 cm³/mol. The third kappa shape index (κ3) is 5.54. The maximum atomic E-state index is 12.5. The Balaban J connectivity index is 1.49. The van der Waals surface area contributed by atoms with E-state index >= 15 is 0 Å². The van der Waals surface area contributed by atoms with Crippen molar-refractivity contribution in [2.75, 3.05) is 45.2 Å². The number of aryl methyl sites for hydroxylation is 1. The SMILES string of the molecule is COC(=O)c1ccc(C)c(NC(=O)CN2CCN(Cc3ccc(Cl)s3)CC2)c1.